The van der Waals surface area contributed by atoms with Crippen LogP contribution in [0.25, 0.3) is 11.1 Å². The minimum Gasteiger partial charge on any atom is -0.458 e. The van der Waals surface area contributed by atoms with Crippen molar-refractivity contribution in [1.82, 2.24) is 9.97 Å². The van der Waals surface area contributed by atoms with Crippen molar-refractivity contribution in [2.24, 2.45) is 0 Å². The second kappa shape index (κ2) is 6.40. The number of ether oxygens (including phenoxy) is 3. The Hall–Kier alpha value is -2.23. The van der Waals surface area contributed by atoms with E-state index >= 15 is 0 Å². The molecule has 2 saturated heterocycles. The van der Waals surface area contributed by atoms with Crippen molar-refractivity contribution in [3.63, 3.8) is 0 Å². The van der Waals surface area contributed by atoms with E-state index in [-0.39, 0.29) is 12.4 Å². The standard InChI is InChI=1S/C19H18ClN3O5/c1-19-15(11-7-25-14-13(11)22-8-23-17(14)21)26-12(6-24)16(19)27-18(28-19)9-2-4-10(20)5-3-9/h2-5,7-8,12,15-16,18,24H,6H2,1H3,(H2,21,22,23)/t12-,15+,16-,18?,19+/m1/s1. The minimum absolute atomic E-state index is 0.208. The molecule has 5 rings (SSSR count). The average Bonchev–Trinajstić information content (AvgIpc) is 3.33. The molecule has 28 heavy (non-hydrogen) atoms. The molecule has 3 N–H and O–H groups in total. The summed E-state index contributed by atoms with van der Waals surface area (Å²) in [5.74, 6) is 0.247. The third-order valence-corrected chi connectivity index (χ3v) is 5.63. The van der Waals surface area contributed by atoms with Gasteiger partial charge < -0.3 is 29.5 Å². The zero-order chi connectivity index (χ0) is 19.5. The lowest BCUT2D eigenvalue weighted by atomic mass is 9.89. The van der Waals surface area contributed by atoms with Crippen LogP contribution in [0.15, 0.2) is 41.3 Å². The molecule has 0 amide bonds. The number of furan rings is 1. The van der Waals surface area contributed by atoms with Crippen molar-refractivity contribution >= 4 is 28.5 Å². The van der Waals surface area contributed by atoms with E-state index in [1.165, 1.54) is 6.33 Å². The molecule has 1 aromatic carbocycles. The summed E-state index contributed by atoms with van der Waals surface area (Å²) in [6, 6.07) is 7.26. The van der Waals surface area contributed by atoms with Gasteiger partial charge in [0, 0.05) is 16.1 Å². The lowest BCUT2D eigenvalue weighted by Gasteiger charge is -2.27. The number of anilines is 1. The molecule has 5 atom stereocenters. The molecule has 0 spiro atoms. The SMILES string of the molecule is C[C@@]12OC(c3ccc(Cl)cc3)O[C@@H]1[C@@H](CO)O[C@H]2c1coc2c(N)ncnc12. The van der Waals surface area contributed by atoms with Gasteiger partial charge >= 0.3 is 0 Å². The lowest BCUT2D eigenvalue weighted by Crippen LogP contribution is -2.40. The molecule has 2 aliphatic heterocycles. The van der Waals surface area contributed by atoms with Gasteiger partial charge in [0.1, 0.15) is 35.8 Å². The molecule has 0 bridgehead atoms. The van der Waals surface area contributed by atoms with E-state index in [1.54, 1.807) is 18.4 Å². The molecule has 0 aliphatic carbocycles. The predicted octanol–water partition coefficient (Wildman–Crippen LogP) is 2.76. The van der Waals surface area contributed by atoms with E-state index < -0.39 is 30.2 Å². The summed E-state index contributed by atoms with van der Waals surface area (Å²) in [7, 11) is 0. The van der Waals surface area contributed by atoms with Gasteiger partial charge in [-0.05, 0) is 19.1 Å². The summed E-state index contributed by atoms with van der Waals surface area (Å²) in [6.45, 7) is 1.69. The maximum atomic E-state index is 9.85. The Labute approximate surface area is 165 Å². The minimum atomic E-state index is -0.867. The monoisotopic (exact) mass is 403 g/mol. The van der Waals surface area contributed by atoms with Gasteiger partial charge in [-0.25, -0.2) is 9.97 Å². The average molecular weight is 404 g/mol. The van der Waals surface area contributed by atoms with Gasteiger partial charge in [-0.15, -0.1) is 0 Å². The highest BCUT2D eigenvalue weighted by Crippen LogP contribution is 2.54. The number of hydrogen-bond acceptors (Lipinski definition) is 8. The van der Waals surface area contributed by atoms with Crippen molar-refractivity contribution in [2.45, 2.75) is 37.1 Å². The van der Waals surface area contributed by atoms with Crippen LogP contribution in [0.1, 0.15) is 30.4 Å². The van der Waals surface area contributed by atoms with Crippen molar-refractivity contribution in [2.75, 3.05) is 12.3 Å². The van der Waals surface area contributed by atoms with Gasteiger partial charge in [0.15, 0.2) is 17.7 Å². The Morgan fingerprint density at radius 3 is 2.75 bits per heavy atom. The predicted molar refractivity (Wildman–Crippen MR) is 99.5 cm³/mol. The van der Waals surface area contributed by atoms with Crippen molar-refractivity contribution in [1.29, 1.82) is 0 Å². The fourth-order valence-electron chi connectivity index (χ4n) is 4.00. The molecule has 3 aromatic rings. The molecule has 8 nitrogen and oxygen atoms in total. The maximum absolute atomic E-state index is 9.85. The maximum Gasteiger partial charge on any atom is 0.194 e. The summed E-state index contributed by atoms with van der Waals surface area (Å²) in [4.78, 5) is 8.24. The molecule has 4 heterocycles. The molecule has 2 aromatic heterocycles. The molecule has 2 aliphatic rings. The van der Waals surface area contributed by atoms with Crippen LogP contribution >= 0.6 is 11.6 Å². The smallest absolute Gasteiger partial charge is 0.194 e. The summed E-state index contributed by atoms with van der Waals surface area (Å²) in [5, 5.41) is 10.5. The summed E-state index contributed by atoms with van der Waals surface area (Å²) in [6.07, 6.45) is 0.704. The Bertz CT molecular complexity index is 1030. The lowest BCUT2D eigenvalue weighted by molar-refractivity contribution is -0.157. The fraction of sp³-hybridized carbons (Fsp3) is 0.368. The Morgan fingerprint density at radius 2 is 2.00 bits per heavy atom. The largest absolute Gasteiger partial charge is 0.458 e. The van der Waals surface area contributed by atoms with Crippen molar-refractivity contribution in [3.8, 4) is 0 Å². The normalized spacial score (nSPS) is 32.1. The van der Waals surface area contributed by atoms with Crippen LogP contribution in [0.4, 0.5) is 5.82 Å². The zero-order valence-electron chi connectivity index (χ0n) is 14.9. The van der Waals surface area contributed by atoms with Gasteiger partial charge in [-0.1, -0.05) is 23.7 Å². The van der Waals surface area contributed by atoms with Crippen LogP contribution < -0.4 is 5.73 Å². The number of nitrogens with zero attached hydrogens (tertiary/aromatic N) is 2. The molecule has 9 heteroatoms. The van der Waals surface area contributed by atoms with E-state index in [2.05, 4.69) is 9.97 Å². The highest BCUT2D eigenvalue weighted by molar-refractivity contribution is 6.30. The summed E-state index contributed by atoms with van der Waals surface area (Å²) < 4.78 is 24.1. The number of halogens is 1. The first-order valence-electron chi connectivity index (χ1n) is 8.84. The topological polar surface area (TPSA) is 113 Å². The molecular weight excluding hydrogens is 386 g/mol. The van der Waals surface area contributed by atoms with E-state index in [4.69, 9.17) is 36.0 Å². The van der Waals surface area contributed by atoms with E-state index in [1.807, 2.05) is 19.1 Å². The number of nitrogens with two attached hydrogens (primary N) is 1. The van der Waals surface area contributed by atoms with Crippen molar-refractivity contribution in [3.05, 3.63) is 53.0 Å². The number of aliphatic hydroxyl groups is 1. The highest BCUT2D eigenvalue weighted by atomic mass is 35.5. The first kappa shape index (κ1) is 17.8. The quantitative estimate of drug-likeness (QED) is 0.686. The molecule has 2 fully saturated rings. The van der Waals surface area contributed by atoms with Gasteiger partial charge in [0.05, 0.1) is 12.9 Å². The third kappa shape index (κ3) is 2.53. The second-order valence-electron chi connectivity index (χ2n) is 7.11. The van der Waals surface area contributed by atoms with Gasteiger partial charge in [-0.3, -0.25) is 0 Å². The van der Waals surface area contributed by atoms with Crippen LogP contribution in [-0.2, 0) is 14.2 Å². The van der Waals surface area contributed by atoms with E-state index in [0.717, 1.165) is 5.56 Å². The summed E-state index contributed by atoms with van der Waals surface area (Å²) >= 11 is 5.98. The Kier molecular flexibility index (Phi) is 4.08. The third-order valence-electron chi connectivity index (χ3n) is 5.38. The molecule has 1 unspecified atom stereocenters. The number of aliphatic hydroxyl groups excluding tert-OH is 1. The number of rotatable bonds is 3. The highest BCUT2D eigenvalue weighted by Gasteiger charge is 2.62. The number of aromatic nitrogens is 2. The van der Waals surface area contributed by atoms with E-state index in [0.29, 0.717) is 21.7 Å². The number of hydrogen-bond donors (Lipinski definition) is 2. The molecule has 0 radical (unpaired) electrons. The van der Waals surface area contributed by atoms with Crippen LogP contribution in [0.3, 0.4) is 0 Å². The first-order valence-corrected chi connectivity index (χ1v) is 9.21. The second-order valence-corrected chi connectivity index (χ2v) is 7.54. The van der Waals surface area contributed by atoms with Gasteiger partial charge in [-0.2, -0.15) is 0 Å². The Morgan fingerprint density at radius 1 is 1.21 bits per heavy atom. The van der Waals surface area contributed by atoms with Gasteiger partial charge in [0.25, 0.3) is 0 Å². The Balaban J connectivity index is 1.54. The summed E-state index contributed by atoms with van der Waals surface area (Å²) in [5.41, 5.74) is 7.46. The number of fused-ring (bicyclic) bond motifs is 2. The van der Waals surface area contributed by atoms with Crippen LogP contribution in [0.5, 0.6) is 0 Å². The first-order chi connectivity index (χ1) is 13.5. The molecule has 0 saturated carbocycles. The molecule has 146 valence electrons. The van der Waals surface area contributed by atoms with Crippen LogP contribution in [-0.4, -0.2) is 39.5 Å². The van der Waals surface area contributed by atoms with E-state index in [9.17, 15) is 5.11 Å². The van der Waals surface area contributed by atoms with Gasteiger partial charge in [0.2, 0.25) is 0 Å². The number of nitrogen functional groups attached to an aromatic ring is 1. The van der Waals surface area contributed by atoms with Crippen LogP contribution in [0.2, 0.25) is 5.02 Å². The van der Waals surface area contributed by atoms with Crippen molar-refractivity contribution < 1.29 is 23.7 Å². The zero-order valence-corrected chi connectivity index (χ0v) is 15.7. The molecular formula is C19H18ClN3O5. The van der Waals surface area contributed by atoms with Crippen LogP contribution in [0, 0.1) is 0 Å². The fourth-order valence-corrected chi connectivity index (χ4v) is 4.13. The number of benzene rings is 1.